The van der Waals surface area contributed by atoms with Crippen LogP contribution in [0.3, 0.4) is 0 Å². The number of rotatable bonds is 6. The highest BCUT2D eigenvalue weighted by molar-refractivity contribution is 7.99. The number of nitrogens with one attached hydrogen (secondary N) is 1. The van der Waals surface area contributed by atoms with Crippen molar-refractivity contribution >= 4 is 11.8 Å². The lowest BCUT2D eigenvalue weighted by Gasteiger charge is -2.29. The molecule has 0 aromatic heterocycles. The van der Waals surface area contributed by atoms with Gasteiger partial charge < -0.3 is 0 Å². The van der Waals surface area contributed by atoms with Gasteiger partial charge in [-0.05, 0) is 55.7 Å². The molecule has 1 fully saturated rings. The molecule has 4 heteroatoms. The van der Waals surface area contributed by atoms with Gasteiger partial charge in [0.2, 0.25) is 0 Å². The number of hydrogen-bond acceptors (Lipinski definition) is 3. The normalized spacial score (nSPS) is 25.6. The minimum atomic E-state index is -0.336. The summed E-state index contributed by atoms with van der Waals surface area (Å²) in [5, 5.41) is 12.9. The van der Waals surface area contributed by atoms with Gasteiger partial charge in [0, 0.05) is 4.90 Å². The molecule has 1 saturated carbocycles. The first kappa shape index (κ1) is 15.3. The monoisotopic (exact) mass is 292 g/mol. The largest absolute Gasteiger partial charge is 0.299 e. The van der Waals surface area contributed by atoms with Gasteiger partial charge in [-0.3, -0.25) is 5.32 Å². The fourth-order valence-corrected chi connectivity index (χ4v) is 4.09. The first-order chi connectivity index (χ1) is 9.70. The van der Waals surface area contributed by atoms with Crippen LogP contribution in [0.1, 0.15) is 32.6 Å². The molecule has 1 aliphatic carbocycles. The van der Waals surface area contributed by atoms with Gasteiger partial charge in [0.1, 0.15) is 11.4 Å². The second-order valence-electron chi connectivity index (χ2n) is 5.30. The van der Waals surface area contributed by atoms with E-state index in [1.165, 1.54) is 6.07 Å². The molecule has 1 aromatic carbocycles. The number of halogens is 1. The van der Waals surface area contributed by atoms with Gasteiger partial charge in [-0.2, -0.15) is 5.26 Å². The summed E-state index contributed by atoms with van der Waals surface area (Å²) in [5.41, 5.74) is -0.336. The molecule has 0 spiro atoms. The summed E-state index contributed by atoms with van der Waals surface area (Å²) in [6.07, 6.45) is 4.19. The fourth-order valence-electron chi connectivity index (χ4n) is 3.08. The van der Waals surface area contributed by atoms with Crippen LogP contribution in [0, 0.1) is 23.1 Å². The van der Waals surface area contributed by atoms with Gasteiger partial charge in [0.05, 0.1) is 6.07 Å². The van der Waals surface area contributed by atoms with Crippen LogP contribution >= 0.6 is 11.8 Å². The number of nitriles is 1. The summed E-state index contributed by atoms with van der Waals surface area (Å²) in [7, 11) is 0. The summed E-state index contributed by atoms with van der Waals surface area (Å²) in [6, 6.07) is 9.22. The summed E-state index contributed by atoms with van der Waals surface area (Å²) in [6.45, 7) is 2.89. The van der Waals surface area contributed by atoms with Gasteiger partial charge in [-0.15, -0.1) is 11.8 Å². The van der Waals surface area contributed by atoms with Crippen molar-refractivity contribution in [2.45, 2.75) is 43.0 Å². The SMILES string of the molecule is CCNC1(C#N)CCCC1CCSc1cccc(F)c1. The van der Waals surface area contributed by atoms with E-state index in [0.29, 0.717) is 5.92 Å². The van der Waals surface area contributed by atoms with Gasteiger partial charge in [0.25, 0.3) is 0 Å². The van der Waals surface area contributed by atoms with Gasteiger partial charge in [-0.1, -0.05) is 19.4 Å². The maximum atomic E-state index is 13.1. The van der Waals surface area contributed by atoms with Crippen LogP contribution in [0.2, 0.25) is 0 Å². The molecule has 108 valence electrons. The molecule has 0 bridgehead atoms. The second kappa shape index (κ2) is 7.10. The molecule has 0 heterocycles. The highest BCUT2D eigenvalue weighted by Crippen LogP contribution is 2.38. The molecular formula is C16H21FN2S. The molecule has 0 saturated heterocycles. The first-order valence-electron chi connectivity index (χ1n) is 7.25. The number of hydrogen-bond donors (Lipinski definition) is 1. The Kier molecular flexibility index (Phi) is 5.45. The van der Waals surface area contributed by atoms with Crippen LogP contribution in [-0.4, -0.2) is 17.8 Å². The van der Waals surface area contributed by atoms with Crippen LogP contribution in [-0.2, 0) is 0 Å². The third-order valence-electron chi connectivity index (χ3n) is 4.04. The third-order valence-corrected chi connectivity index (χ3v) is 5.07. The standard InChI is InChI=1S/C16H21FN2S/c1-2-19-16(12-18)9-4-5-13(16)8-10-20-15-7-3-6-14(17)11-15/h3,6-7,11,13,19H,2,4-5,8-10H2,1H3. The van der Waals surface area contributed by atoms with Crippen LogP contribution in [0.4, 0.5) is 4.39 Å². The molecule has 0 aliphatic heterocycles. The zero-order valence-corrected chi connectivity index (χ0v) is 12.7. The second-order valence-corrected chi connectivity index (χ2v) is 6.47. The van der Waals surface area contributed by atoms with Crippen molar-refractivity contribution in [1.29, 1.82) is 5.26 Å². The molecule has 0 radical (unpaired) electrons. The Morgan fingerprint density at radius 3 is 3.10 bits per heavy atom. The van der Waals surface area contributed by atoms with E-state index in [1.54, 1.807) is 23.9 Å². The van der Waals surface area contributed by atoms with Crippen molar-refractivity contribution in [3.8, 4) is 6.07 Å². The predicted octanol–water partition coefficient (Wildman–Crippen LogP) is 3.98. The van der Waals surface area contributed by atoms with E-state index in [-0.39, 0.29) is 11.4 Å². The zero-order chi connectivity index (χ0) is 14.4. The molecule has 2 nitrogen and oxygen atoms in total. The van der Waals surface area contributed by atoms with E-state index in [0.717, 1.165) is 42.9 Å². The van der Waals surface area contributed by atoms with Crippen molar-refractivity contribution in [2.75, 3.05) is 12.3 Å². The highest BCUT2D eigenvalue weighted by atomic mass is 32.2. The summed E-state index contributed by atoms with van der Waals surface area (Å²) in [4.78, 5) is 0.967. The van der Waals surface area contributed by atoms with Gasteiger partial charge >= 0.3 is 0 Å². The topological polar surface area (TPSA) is 35.8 Å². The average molecular weight is 292 g/mol. The smallest absolute Gasteiger partial charge is 0.124 e. The molecular weight excluding hydrogens is 271 g/mol. The van der Waals surface area contributed by atoms with E-state index in [9.17, 15) is 9.65 Å². The van der Waals surface area contributed by atoms with Crippen LogP contribution in [0.5, 0.6) is 0 Å². The minimum absolute atomic E-state index is 0.185. The first-order valence-corrected chi connectivity index (χ1v) is 8.23. The Morgan fingerprint density at radius 2 is 2.40 bits per heavy atom. The summed E-state index contributed by atoms with van der Waals surface area (Å²) < 4.78 is 13.1. The summed E-state index contributed by atoms with van der Waals surface area (Å²) in [5.74, 6) is 1.16. The van der Waals surface area contributed by atoms with Crippen molar-refractivity contribution in [1.82, 2.24) is 5.32 Å². The Hall–Kier alpha value is -1.05. The van der Waals surface area contributed by atoms with Crippen molar-refractivity contribution in [3.63, 3.8) is 0 Å². The van der Waals surface area contributed by atoms with E-state index < -0.39 is 0 Å². The lowest BCUT2D eigenvalue weighted by Crippen LogP contribution is -2.47. The fraction of sp³-hybridized carbons (Fsp3) is 0.562. The Bertz CT molecular complexity index is 486. The van der Waals surface area contributed by atoms with E-state index in [2.05, 4.69) is 18.3 Å². The molecule has 1 aromatic rings. The molecule has 2 rings (SSSR count). The van der Waals surface area contributed by atoms with Gasteiger partial charge in [-0.25, -0.2) is 4.39 Å². The molecule has 2 unspecified atom stereocenters. The van der Waals surface area contributed by atoms with Crippen LogP contribution < -0.4 is 5.32 Å². The van der Waals surface area contributed by atoms with Crippen molar-refractivity contribution in [3.05, 3.63) is 30.1 Å². The average Bonchev–Trinajstić information content (AvgIpc) is 2.83. The Labute approximate surface area is 124 Å². The maximum Gasteiger partial charge on any atom is 0.124 e. The molecule has 1 aliphatic rings. The number of nitrogens with zero attached hydrogens (tertiary/aromatic N) is 1. The van der Waals surface area contributed by atoms with Crippen molar-refractivity contribution < 1.29 is 4.39 Å². The lowest BCUT2D eigenvalue weighted by molar-refractivity contribution is 0.317. The lowest BCUT2D eigenvalue weighted by atomic mass is 9.86. The van der Waals surface area contributed by atoms with Crippen LogP contribution in [0.15, 0.2) is 29.2 Å². The Morgan fingerprint density at radius 1 is 1.55 bits per heavy atom. The van der Waals surface area contributed by atoms with E-state index in [4.69, 9.17) is 0 Å². The highest BCUT2D eigenvalue weighted by Gasteiger charge is 2.41. The number of thioether (sulfide) groups is 1. The quantitative estimate of drug-likeness (QED) is 0.806. The van der Waals surface area contributed by atoms with Crippen molar-refractivity contribution in [2.24, 2.45) is 5.92 Å². The van der Waals surface area contributed by atoms with Gasteiger partial charge in [0.15, 0.2) is 0 Å². The molecule has 1 N–H and O–H groups in total. The predicted molar refractivity (Wildman–Crippen MR) is 81.1 cm³/mol. The minimum Gasteiger partial charge on any atom is -0.299 e. The Balaban J connectivity index is 1.88. The number of benzene rings is 1. The van der Waals surface area contributed by atoms with Crippen LogP contribution in [0.25, 0.3) is 0 Å². The molecule has 2 atom stereocenters. The molecule has 20 heavy (non-hydrogen) atoms. The zero-order valence-electron chi connectivity index (χ0n) is 11.9. The maximum absolute atomic E-state index is 13.1. The van der Waals surface area contributed by atoms with E-state index >= 15 is 0 Å². The van der Waals surface area contributed by atoms with E-state index in [1.807, 2.05) is 6.07 Å². The summed E-state index contributed by atoms with van der Waals surface area (Å²) >= 11 is 1.67. The molecule has 0 amide bonds. The third kappa shape index (κ3) is 3.53.